The van der Waals surface area contributed by atoms with E-state index in [1.54, 1.807) is 43.5 Å². The van der Waals surface area contributed by atoms with Crippen LogP contribution in [0.25, 0.3) is 6.08 Å². The molecule has 1 aliphatic heterocycles. The molecule has 1 N–H and O–H groups in total. The van der Waals surface area contributed by atoms with E-state index in [4.69, 9.17) is 21.7 Å². The molecule has 0 atom stereocenters. The van der Waals surface area contributed by atoms with Crippen molar-refractivity contribution in [1.29, 1.82) is 0 Å². The Balaban J connectivity index is 1.58. The Hall–Kier alpha value is -2.96. The van der Waals surface area contributed by atoms with E-state index in [1.165, 1.54) is 40.9 Å². The number of thioether (sulfide) groups is 1. The van der Waals surface area contributed by atoms with Crippen LogP contribution < -0.4 is 19.7 Å². The fraction of sp³-hybridized carbons (Fsp3) is 0.115. The quantitative estimate of drug-likeness (QED) is 0.182. The van der Waals surface area contributed by atoms with Gasteiger partial charge < -0.3 is 14.8 Å². The van der Waals surface area contributed by atoms with Gasteiger partial charge in [0.1, 0.15) is 5.82 Å². The predicted octanol–water partition coefficient (Wildman–Crippen LogP) is 6.50. The van der Waals surface area contributed by atoms with Gasteiger partial charge in [0.2, 0.25) is 0 Å². The zero-order chi connectivity index (χ0) is 25.8. The van der Waals surface area contributed by atoms with Crippen LogP contribution in [0.4, 0.5) is 15.8 Å². The van der Waals surface area contributed by atoms with Crippen molar-refractivity contribution in [2.45, 2.75) is 6.92 Å². The molecule has 0 bridgehead atoms. The number of nitrogens with one attached hydrogen (secondary N) is 1. The first-order chi connectivity index (χ1) is 17.3. The van der Waals surface area contributed by atoms with Crippen molar-refractivity contribution in [3.8, 4) is 11.5 Å². The summed E-state index contributed by atoms with van der Waals surface area (Å²) in [7, 11) is 1.57. The number of ether oxygens (including phenoxy) is 2. The molecule has 0 aliphatic carbocycles. The molecule has 10 heteroatoms. The molecule has 3 aromatic carbocycles. The fourth-order valence-corrected chi connectivity index (χ4v) is 5.55. The summed E-state index contributed by atoms with van der Waals surface area (Å²) in [5, 5.41) is 2.72. The normalized spacial score (nSPS) is 14.3. The van der Waals surface area contributed by atoms with Crippen LogP contribution >= 0.6 is 46.6 Å². The lowest BCUT2D eigenvalue weighted by molar-refractivity contribution is -0.113. The van der Waals surface area contributed by atoms with E-state index >= 15 is 0 Å². The summed E-state index contributed by atoms with van der Waals surface area (Å²) in [6, 6.07) is 15.8. The SMILES string of the molecule is CCOc1c(I)cc(/C=C2/SC(=S)N(c3cccc(C(=O)Nc4ccc(F)cc4)c3)C2=O)cc1OC. The maximum Gasteiger partial charge on any atom is 0.270 e. The van der Waals surface area contributed by atoms with Gasteiger partial charge in [-0.3, -0.25) is 14.5 Å². The minimum absolute atomic E-state index is 0.288. The average Bonchev–Trinajstić information content (AvgIpc) is 3.14. The molecule has 0 spiro atoms. The third-order valence-electron chi connectivity index (χ3n) is 5.10. The van der Waals surface area contributed by atoms with Crippen LogP contribution in [0.5, 0.6) is 11.5 Å². The number of rotatable bonds is 7. The number of anilines is 2. The standard InChI is InChI=1S/C26H20FIN2O4S2/c1-3-34-23-20(28)11-15(12-21(23)33-2)13-22-25(32)30(26(35)36-22)19-6-4-5-16(14-19)24(31)29-18-9-7-17(27)8-10-18/h4-14H,3H2,1-2H3,(H,29,31)/b22-13+. The first-order valence-corrected chi connectivity index (χ1v) is 13.1. The summed E-state index contributed by atoms with van der Waals surface area (Å²) < 4.78 is 25.5. The van der Waals surface area contributed by atoms with Gasteiger partial charge in [-0.1, -0.05) is 30.0 Å². The van der Waals surface area contributed by atoms with Gasteiger partial charge in [-0.25, -0.2) is 4.39 Å². The second-order valence-corrected chi connectivity index (χ2v) is 10.3. The van der Waals surface area contributed by atoms with Crippen LogP contribution in [0.2, 0.25) is 0 Å². The largest absolute Gasteiger partial charge is 0.493 e. The Morgan fingerprint density at radius 2 is 1.94 bits per heavy atom. The molecule has 4 rings (SSSR count). The highest BCUT2D eigenvalue weighted by atomic mass is 127. The number of carbonyl (C=O) groups is 2. The third-order valence-corrected chi connectivity index (χ3v) is 7.20. The summed E-state index contributed by atoms with van der Waals surface area (Å²) in [6.07, 6.45) is 1.75. The van der Waals surface area contributed by atoms with Gasteiger partial charge in [0.15, 0.2) is 15.8 Å². The molecule has 6 nitrogen and oxygen atoms in total. The van der Waals surface area contributed by atoms with Crippen molar-refractivity contribution >= 4 is 80.2 Å². The number of thiocarbonyl (C=S) groups is 1. The molecular formula is C26H20FIN2O4S2. The molecule has 0 saturated carbocycles. The number of methoxy groups -OCH3 is 1. The first-order valence-electron chi connectivity index (χ1n) is 10.8. The van der Waals surface area contributed by atoms with Gasteiger partial charge in [0.25, 0.3) is 11.8 Å². The van der Waals surface area contributed by atoms with Crippen molar-refractivity contribution in [1.82, 2.24) is 0 Å². The maximum atomic E-state index is 13.3. The van der Waals surface area contributed by atoms with Crippen molar-refractivity contribution in [2.75, 3.05) is 23.9 Å². The summed E-state index contributed by atoms with van der Waals surface area (Å²) in [5.74, 6) is 0.159. The van der Waals surface area contributed by atoms with Gasteiger partial charge >= 0.3 is 0 Å². The topological polar surface area (TPSA) is 67.9 Å². The Morgan fingerprint density at radius 1 is 1.19 bits per heavy atom. The molecule has 0 unspecified atom stereocenters. The number of halogens is 2. The number of nitrogens with zero attached hydrogens (tertiary/aromatic N) is 1. The highest BCUT2D eigenvalue weighted by molar-refractivity contribution is 14.1. The number of hydrogen-bond donors (Lipinski definition) is 1. The second-order valence-electron chi connectivity index (χ2n) is 7.50. The first kappa shape index (κ1) is 26.1. The molecule has 3 aromatic rings. The number of amides is 2. The van der Waals surface area contributed by atoms with Crippen LogP contribution in [0, 0.1) is 9.39 Å². The Morgan fingerprint density at radius 3 is 2.64 bits per heavy atom. The molecule has 0 aromatic heterocycles. The molecular weight excluding hydrogens is 614 g/mol. The van der Waals surface area contributed by atoms with Crippen molar-refractivity contribution in [3.05, 3.63) is 86.1 Å². The van der Waals surface area contributed by atoms with Crippen LogP contribution in [0.3, 0.4) is 0 Å². The molecule has 0 radical (unpaired) electrons. The predicted molar refractivity (Wildman–Crippen MR) is 153 cm³/mol. The summed E-state index contributed by atoms with van der Waals surface area (Å²) in [4.78, 5) is 27.9. The lowest BCUT2D eigenvalue weighted by Gasteiger charge is -2.15. The maximum absolute atomic E-state index is 13.3. The monoisotopic (exact) mass is 634 g/mol. The summed E-state index contributed by atoms with van der Waals surface area (Å²) in [6.45, 7) is 2.40. The lowest BCUT2D eigenvalue weighted by atomic mass is 10.1. The molecule has 1 aliphatic rings. The zero-order valence-corrected chi connectivity index (χ0v) is 23.0. The fourth-order valence-electron chi connectivity index (χ4n) is 3.47. The van der Waals surface area contributed by atoms with Crippen LogP contribution in [-0.2, 0) is 4.79 Å². The molecule has 184 valence electrons. The van der Waals surface area contributed by atoms with Crippen molar-refractivity contribution < 1.29 is 23.5 Å². The van der Waals surface area contributed by atoms with E-state index in [1.807, 2.05) is 13.0 Å². The molecule has 1 heterocycles. The molecule has 36 heavy (non-hydrogen) atoms. The third kappa shape index (κ3) is 5.71. The van der Waals surface area contributed by atoms with Gasteiger partial charge in [-0.15, -0.1) is 0 Å². The van der Waals surface area contributed by atoms with E-state index in [9.17, 15) is 14.0 Å². The molecule has 2 amide bonds. The Bertz CT molecular complexity index is 1380. The van der Waals surface area contributed by atoms with Crippen molar-refractivity contribution in [3.63, 3.8) is 0 Å². The second kappa shape index (κ2) is 11.4. The summed E-state index contributed by atoms with van der Waals surface area (Å²) in [5.41, 5.74) is 2.04. The Kier molecular flexibility index (Phi) is 8.27. The van der Waals surface area contributed by atoms with E-state index in [-0.39, 0.29) is 11.8 Å². The van der Waals surface area contributed by atoms with Gasteiger partial charge in [-0.05, 0) is 95.8 Å². The lowest BCUT2D eigenvalue weighted by Crippen LogP contribution is -2.27. The van der Waals surface area contributed by atoms with Crippen LogP contribution in [-0.4, -0.2) is 29.9 Å². The highest BCUT2D eigenvalue weighted by Crippen LogP contribution is 2.39. The van der Waals surface area contributed by atoms with Gasteiger partial charge in [0, 0.05) is 11.3 Å². The van der Waals surface area contributed by atoms with Crippen LogP contribution in [0.15, 0.2) is 65.6 Å². The smallest absolute Gasteiger partial charge is 0.270 e. The van der Waals surface area contributed by atoms with E-state index in [0.717, 1.165) is 9.13 Å². The minimum atomic E-state index is -0.393. The molecule has 1 saturated heterocycles. The van der Waals surface area contributed by atoms with Gasteiger partial charge in [-0.2, -0.15) is 0 Å². The van der Waals surface area contributed by atoms with E-state index in [2.05, 4.69) is 27.9 Å². The van der Waals surface area contributed by atoms with Crippen LogP contribution in [0.1, 0.15) is 22.8 Å². The minimum Gasteiger partial charge on any atom is -0.493 e. The van der Waals surface area contributed by atoms with Crippen molar-refractivity contribution in [2.24, 2.45) is 0 Å². The van der Waals surface area contributed by atoms with E-state index < -0.39 is 5.82 Å². The van der Waals surface area contributed by atoms with E-state index in [0.29, 0.717) is 44.3 Å². The zero-order valence-electron chi connectivity index (χ0n) is 19.2. The number of benzene rings is 3. The highest BCUT2D eigenvalue weighted by Gasteiger charge is 2.33. The Labute approximate surface area is 231 Å². The average molecular weight is 634 g/mol. The number of carbonyl (C=O) groups excluding carboxylic acids is 2. The van der Waals surface area contributed by atoms with Gasteiger partial charge in [0.05, 0.1) is 27.9 Å². The number of hydrogen-bond acceptors (Lipinski definition) is 6. The molecule has 1 fully saturated rings. The summed E-state index contributed by atoms with van der Waals surface area (Å²) >= 11 is 8.84.